The molecule has 0 fully saturated rings. The second-order valence-electron chi connectivity index (χ2n) is 3.52. The minimum atomic E-state index is 0.394. The summed E-state index contributed by atoms with van der Waals surface area (Å²) < 4.78 is 0. The van der Waals surface area contributed by atoms with Crippen molar-refractivity contribution < 1.29 is 0 Å². The Morgan fingerprint density at radius 3 is 2.53 bits per heavy atom. The largest absolute Gasteiger partial charge is 0.364 e. The van der Waals surface area contributed by atoms with E-state index in [1.165, 1.54) is 0 Å². The zero-order valence-electron chi connectivity index (χ0n) is 9.32. The number of aromatic amines is 1. The van der Waals surface area contributed by atoms with Crippen LogP contribution in [-0.2, 0) is 6.54 Å². The second-order valence-corrected chi connectivity index (χ2v) is 4.30. The molecule has 6 heteroatoms. The Hall–Kier alpha value is -1.26. The molecular weight excluding hydrogens is 259 g/mol. The van der Waals surface area contributed by atoms with Crippen LogP contribution in [0.3, 0.4) is 0 Å². The molecule has 0 aliphatic rings. The standard InChI is InChI=1S/C11H12Cl2N4/c1-2-17(7-11-14-3-4-15-11)8-5-9(12)16-10(13)6-8/h3-6H,2,7H2,1H3,(H,14,15). The molecule has 2 aromatic heterocycles. The molecule has 90 valence electrons. The number of nitrogens with one attached hydrogen (secondary N) is 1. The fourth-order valence-electron chi connectivity index (χ4n) is 1.59. The number of H-pyrrole nitrogens is 1. The highest BCUT2D eigenvalue weighted by atomic mass is 35.5. The van der Waals surface area contributed by atoms with Crippen molar-refractivity contribution in [2.24, 2.45) is 0 Å². The lowest BCUT2D eigenvalue weighted by Gasteiger charge is -2.22. The molecule has 0 atom stereocenters. The Morgan fingerprint density at radius 2 is 2.00 bits per heavy atom. The van der Waals surface area contributed by atoms with E-state index in [0.717, 1.165) is 18.1 Å². The third-order valence-corrected chi connectivity index (χ3v) is 2.78. The molecule has 0 aliphatic carbocycles. The number of hydrogen-bond acceptors (Lipinski definition) is 3. The molecule has 0 bridgehead atoms. The lowest BCUT2D eigenvalue weighted by molar-refractivity contribution is 0.792. The second kappa shape index (κ2) is 5.38. The van der Waals surface area contributed by atoms with Crippen molar-refractivity contribution in [1.82, 2.24) is 15.0 Å². The van der Waals surface area contributed by atoms with Gasteiger partial charge in [0.2, 0.25) is 0 Å². The Morgan fingerprint density at radius 1 is 1.29 bits per heavy atom. The van der Waals surface area contributed by atoms with Crippen LogP contribution in [0.25, 0.3) is 0 Å². The fraction of sp³-hybridized carbons (Fsp3) is 0.273. The van der Waals surface area contributed by atoms with Gasteiger partial charge in [-0.25, -0.2) is 9.97 Å². The fourth-order valence-corrected chi connectivity index (χ4v) is 2.03. The topological polar surface area (TPSA) is 44.8 Å². The Labute approximate surface area is 110 Å². The molecule has 0 unspecified atom stereocenters. The lowest BCUT2D eigenvalue weighted by atomic mass is 10.3. The van der Waals surface area contributed by atoms with Crippen LogP contribution in [0.5, 0.6) is 0 Å². The molecular formula is C11H12Cl2N4. The monoisotopic (exact) mass is 270 g/mol. The molecule has 0 amide bonds. The van der Waals surface area contributed by atoms with Crippen LogP contribution in [-0.4, -0.2) is 21.5 Å². The van der Waals surface area contributed by atoms with Crippen LogP contribution >= 0.6 is 23.2 Å². The van der Waals surface area contributed by atoms with Crippen molar-refractivity contribution >= 4 is 28.9 Å². The van der Waals surface area contributed by atoms with Crippen molar-refractivity contribution in [3.05, 3.63) is 40.7 Å². The van der Waals surface area contributed by atoms with E-state index in [4.69, 9.17) is 23.2 Å². The van der Waals surface area contributed by atoms with Crippen LogP contribution in [0.15, 0.2) is 24.5 Å². The third-order valence-electron chi connectivity index (χ3n) is 2.39. The van der Waals surface area contributed by atoms with Crippen molar-refractivity contribution in [2.45, 2.75) is 13.5 Å². The minimum Gasteiger partial charge on any atom is -0.364 e. The first-order chi connectivity index (χ1) is 8.19. The normalized spacial score (nSPS) is 10.5. The summed E-state index contributed by atoms with van der Waals surface area (Å²) in [5.74, 6) is 0.899. The highest BCUT2D eigenvalue weighted by Gasteiger charge is 2.09. The number of pyridine rings is 1. The van der Waals surface area contributed by atoms with Gasteiger partial charge < -0.3 is 9.88 Å². The zero-order chi connectivity index (χ0) is 12.3. The number of nitrogens with zero attached hydrogens (tertiary/aromatic N) is 3. The van der Waals surface area contributed by atoms with Crippen molar-refractivity contribution in [2.75, 3.05) is 11.4 Å². The van der Waals surface area contributed by atoms with Crippen molar-refractivity contribution in [1.29, 1.82) is 0 Å². The highest BCUT2D eigenvalue weighted by Crippen LogP contribution is 2.23. The maximum Gasteiger partial charge on any atom is 0.132 e. The SMILES string of the molecule is CCN(Cc1ncc[nH]1)c1cc(Cl)nc(Cl)c1. The molecule has 2 rings (SSSR count). The molecule has 0 radical (unpaired) electrons. The average Bonchev–Trinajstić information content (AvgIpc) is 2.77. The summed E-state index contributed by atoms with van der Waals surface area (Å²) in [5.41, 5.74) is 0.939. The van der Waals surface area contributed by atoms with E-state index in [-0.39, 0.29) is 0 Å². The van der Waals surface area contributed by atoms with E-state index < -0.39 is 0 Å². The van der Waals surface area contributed by atoms with Gasteiger partial charge in [0.1, 0.15) is 16.1 Å². The number of halogens is 2. The van der Waals surface area contributed by atoms with Gasteiger partial charge in [-0.3, -0.25) is 0 Å². The molecule has 4 nitrogen and oxygen atoms in total. The molecule has 1 N–H and O–H groups in total. The number of imidazole rings is 1. The summed E-state index contributed by atoms with van der Waals surface area (Å²) in [6, 6.07) is 3.58. The highest BCUT2D eigenvalue weighted by molar-refractivity contribution is 6.32. The van der Waals surface area contributed by atoms with E-state index >= 15 is 0 Å². The summed E-state index contributed by atoms with van der Waals surface area (Å²) in [4.78, 5) is 13.3. The molecule has 0 spiro atoms. The van der Waals surface area contributed by atoms with E-state index in [1.54, 1.807) is 24.5 Å². The predicted molar refractivity (Wildman–Crippen MR) is 69.6 cm³/mol. The smallest absolute Gasteiger partial charge is 0.132 e. The summed E-state index contributed by atoms with van der Waals surface area (Å²) in [6.07, 6.45) is 3.53. The Bertz CT molecular complexity index is 464. The van der Waals surface area contributed by atoms with E-state index in [0.29, 0.717) is 16.9 Å². The third kappa shape index (κ3) is 3.11. The van der Waals surface area contributed by atoms with E-state index in [2.05, 4.69) is 26.8 Å². The van der Waals surface area contributed by atoms with Gasteiger partial charge in [-0.2, -0.15) is 0 Å². The molecule has 0 saturated carbocycles. The summed E-state index contributed by atoms with van der Waals surface area (Å²) in [6.45, 7) is 3.57. The average molecular weight is 271 g/mol. The molecule has 17 heavy (non-hydrogen) atoms. The molecule has 0 aromatic carbocycles. The maximum absolute atomic E-state index is 5.89. The van der Waals surface area contributed by atoms with Crippen molar-refractivity contribution in [3.63, 3.8) is 0 Å². The van der Waals surface area contributed by atoms with Crippen LogP contribution in [0.2, 0.25) is 10.3 Å². The quantitative estimate of drug-likeness (QED) is 0.869. The number of aromatic nitrogens is 3. The number of hydrogen-bond donors (Lipinski definition) is 1. The predicted octanol–water partition coefficient (Wildman–Crippen LogP) is 3.14. The van der Waals surface area contributed by atoms with Gasteiger partial charge in [-0.15, -0.1) is 0 Å². The van der Waals surface area contributed by atoms with Crippen LogP contribution < -0.4 is 4.90 Å². The zero-order valence-corrected chi connectivity index (χ0v) is 10.8. The summed E-state index contributed by atoms with van der Waals surface area (Å²) in [5, 5.41) is 0.788. The Balaban J connectivity index is 2.22. The van der Waals surface area contributed by atoms with Gasteiger partial charge in [-0.05, 0) is 19.1 Å². The molecule has 2 heterocycles. The Kier molecular flexibility index (Phi) is 3.86. The minimum absolute atomic E-state index is 0.394. The first kappa shape index (κ1) is 12.2. The van der Waals surface area contributed by atoms with E-state index in [1.807, 2.05) is 0 Å². The summed E-state index contributed by atoms with van der Waals surface area (Å²) in [7, 11) is 0. The number of rotatable bonds is 4. The van der Waals surface area contributed by atoms with Crippen LogP contribution in [0.4, 0.5) is 5.69 Å². The van der Waals surface area contributed by atoms with Gasteiger partial charge in [0.25, 0.3) is 0 Å². The first-order valence-electron chi connectivity index (χ1n) is 5.25. The van der Waals surface area contributed by atoms with Crippen molar-refractivity contribution in [3.8, 4) is 0 Å². The molecule has 0 saturated heterocycles. The van der Waals surface area contributed by atoms with Gasteiger partial charge in [0.05, 0.1) is 6.54 Å². The maximum atomic E-state index is 5.89. The molecule has 0 aliphatic heterocycles. The summed E-state index contributed by atoms with van der Waals surface area (Å²) >= 11 is 11.8. The van der Waals surface area contributed by atoms with E-state index in [9.17, 15) is 0 Å². The lowest BCUT2D eigenvalue weighted by Crippen LogP contribution is -2.22. The van der Waals surface area contributed by atoms with Gasteiger partial charge in [0, 0.05) is 24.6 Å². The van der Waals surface area contributed by atoms with Gasteiger partial charge >= 0.3 is 0 Å². The first-order valence-corrected chi connectivity index (χ1v) is 6.01. The van der Waals surface area contributed by atoms with Gasteiger partial charge in [0.15, 0.2) is 0 Å². The molecule has 2 aromatic rings. The van der Waals surface area contributed by atoms with Gasteiger partial charge in [-0.1, -0.05) is 23.2 Å². The number of anilines is 1. The van der Waals surface area contributed by atoms with Crippen LogP contribution in [0, 0.1) is 0 Å². The van der Waals surface area contributed by atoms with Crippen LogP contribution in [0.1, 0.15) is 12.7 Å².